The fourth-order valence-corrected chi connectivity index (χ4v) is 1.56. The number of carbonyl (C=O) groups excluding carboxylic acids is 1. The van der Waals surface area contributed by atoms with Crippen molar-refractivity contribution in [2.75, 3.05) is 0 Å². The molecule has 0 N–H and O–H groups in total. The SMILES string of the molecule is CCC(C)C(=O)OC(C(C)C)C(C)CC. The Morgan fingerprint density at radius 1 is 1.07 bits per heavy atom. The highest BCUT2D eigenvalue weighted by Crippen LogP contribution is 2.21. The minimum atomic E-state index is -0.0449. The minimum Gasteiger partial charge on any atom is -0.462 e. The summed E-state index contributed by atoms with van der Waals surface area (Å²) in [5, 5.41) is 0. The number of rotatable bonds is 6. The van der Waals surface area contributed by atoms with Gasteiger partial charge in [0.2, 0.25) is 0 Å². The van der Waals surface area contributed by atoms with Crippen LogP contribution in [0.15, 0.2) is 0 Å². The fourth-order valence-electron chi connectivity index (χ4n) is 1.56. The average Bonchev–Trinajstić information content (AvgIpc) is 2.22. The third-order valence-electron chi connectivity index (χ3n) is 3.13. The summed E-state index contributed by atoms with van der Waals surface area (Å²) in [4.78, 5) is 11.7. The Morgan fingerprint density at radius 2 is 1.60 bits per heavy atom. The molecule has 0 amide bonds. The summed E-state index contributed by atoms with van der Waals surface area (Å²) < 4.78 is 5.58. The van der Waals surface area contributed by atoms with Crippen molar-refractivity contribution in [1.29, 1.82) is 0 Å². The van der Waals surface area contributed by atoms with E-state index < -0.39 is 0 Å². The monoisotopic (exact) mass is 214 g/mol. The van der Waals surface area contributed by atoms with E-state index in [0.717, 1.165) is 12.8 Å². The predicted octanol–water partition coefficient (Wildman–Crippen LogP) is 3.65. The molecule has 0 spiro atoms. The quantitative estimate of drug-likeness (QED) is 0.631. The summed E-state index contributed by atoms with van der Waals surface area (Å²) in [5.41, 5.74) is 0. The lowest BCUT2D eigenvalue weighted by atomic mass is 9.92. The van der Waals surface area contributed by atoms with Gasteiger partial charge in [-0.1, -0.05) is 48.0 Å². The van der Waals surface area contributed by atoms with Gasteiger partial charge in [-0.2, -0.15) is 0 Å². The second kappa shape index (κ2) is 6.86. The predicted molar refractivity (Wildman–Crippen MR) is 63.6 cm³/mol. The van der Waals surface area contributed by atoms with E-state index in [2.05, 4.69) is 27.7 Å². The van der Waals surface area contributed by atoms with Crippen LogP contribution in [0, 0.1) is 17.8 Å². The van der Waals surface area contributed by atoms with Gasteiger partial charge in [0.25, 0.3) is 0 Å². The first-order valence-electron chi connectivity index (χ1n) is 6.14. The van der Waals surface area contributed by atoms with E-state index in [-0.39, 0.29) is 18.0 Å². The number of ether oxygens (including phenoxy) is 1. The molecule has 0 bridgehead atoms. The highest BCUT2D eigenvalue weighted by atomic mass is 16.5. The molecular weight excluding hydrogens is 188 g/mol. The molecule has 3 atom stereocenters. The van der Waals surface area contributed by atoms with Crippen LogP contribution in [-0.4, -0.2) is 12.1 Å². The first-order valence-corrected chi connectivity index (χ1v) is 6.14. The normalized spacial score (nSPS) is 17.3. The molecule has 15 heavy (non-hydrogen) atoms. The van der Waals surface area contributed by atoms with Crippen LogP contribution in [0.2, 0.25) is 0 Å². The van der Waals surface area contributed by atoms with Crippen LogP contribution >= 0.6 is 0 Å². The zero-order chi connectivity index (χ0) is 12.0. The van der Waals surface area contributed by atoms with Crippen molar-refractivity contribution in [1.82, 2.24) is 0 Å². The summed E-state index contributed by atoms with van der Waals surface area (Å²) in [6, 6.07) is 0. The minimum absolute atomic E-state index is 0.0234. The largest absolute Gasteiger partial charge is 0.462 e. The van der Waals surface area contributed by atoms with Crippen molar-refractivity contribution in [2.45, 2.75) is 60.5 Å². The lowest BCUT2D eigenvalue weighted by Crippen LogP contribution is -2.32. The van der Waals surface area contributed by atoms with Crippen LogP contribution < -0.4 is 0 Å². The highest BCUT2D eigenvalue weighted by Gasteiger charge is 2.25. The molecule has 0 aliphatic rings. The topological polar surface area (TPSA) is 26.3 Å². The molecule has 0 saturated heterocycles. The van der Waals surface area contributed by atoms with Crippen LogP contribution in [-0.2, 0) is 9.53 Å². The molecule has 0 heterocycles. The molecule has 90 valence electrons. The molecule has 0 rings (SSSR count). The summed E-state index contributed by atoms with van der Waals surface area (Å²) in [6.07, 6.45) is 1.97. The van der Waals surface area contributed by atoms with Crippen LogP contribution in [0.25, 0.3) is 0 Å². The molecule has 0 aromatic heterocycles. The zero-order valence-corrected chi connectivity index (χ0v) is 11.0. The van der Waals surface area contributed by atoms with Crippen LogP contribution in [0.5, 0.6) is 0 Å². The van der Waals surface area contributed by atoms with Crippen LogP contribution in [0.3, 0.4) is 0 Å². The maximum absolute atomic E-state index is 11.7. The summed E-state index contributed by atoms with van der Waals surface area (Å²) in [7, 11) is 0. The lowest BCUT2D eigenvalue weighted by Gasteiger charge is -2.27. The summed E-state index contributed by atoms with van der Waals surface area (Å²) in [6.45, 7) is 12.4. The summed E-state index contributed by atoms with van der Waals surface area (Å²) >= 11 is 0. The van der Waals surface area contributed by atoms with Gasteiger partial charge in [-0.05, 0) is 18.3 Å². The van der Waals surface area contributed by atoms with Crippen molar-refractivity contribution in [3.63, 3.8) is 0 Å². The van der Waals surface area contributed by atoms with Crippen molar-refractivity contribution >= 4 is 5.97 Å². The third kappa shape index (κ3) is 4.67. The Morgan fingerprint density at radius 3 is 1.93 bits per heavy atom. The Labute approximate surface area is 94.4 Å². The molecule has 0 aliphatic carbocycles. The van der Waals surface area contributed by atoms with E-state index >= 15 is 0 Å². The van der Waals surface area contributed by atoms with Crippen LogP contribution in [0.4, 0.5) is 0 Å². The van der Waals surface area contributed by atoms with E-state index in [9.17, 15) is 4.79 Å². The molecule has 2 heteroatoms. The molecular formula is C13H26O2. The van der Waals surface area contributed by atoms with Crippen molar-refractivity contribution in [3.05, 3.63) is 0 Å². The molecule has 0 saturated carbocycles. The maximum Gasteiger partial charge on any atom is 0.308 e. The van der Waals surface area contributed by atoms with E-state index in [1.807, 2.05) is 13.8 Å². The number of esters is 1. The second-order valence-corrected chi connectivity index (χ2v) is 4.84. The molecule has 0 aromatic rings. The van der Waals surface area contributed by atoms with Gasteiger partial charge in [0.1, 0.15) is 6.10 Å². The van der Waals surface area contributed by atoms with Gasteiger partial charge in [0, 0.05) is 0 Å². The first-order chi connectivity index (χ1) is 6.93. The Bertz CT molecular complexity index is 187. The second-order valence-electron chi connectivity index (χ2n) is 4.84. The Kier molecular flexibility index (Phi) is 6.62. The Hall–Kier alpha value is -0.530. The molecule has 3 unspecified atom stereocenters. The molecule has 0 aromatic carbocycles. The van der Waals surface area contributed by atoms with E-state index in [1.54, 1.807) is 0 Å². The van der Waals surface area contributed by atoms with E-state index in [4.69, 9.17) is 4.74 Å². The van der Waals surface area contributed by atoms with Gasteiger partial charge >= 0.3 is 5.97 Å². The van der Waals surface area contributed by atoms with Crippen molar-refractivity contribution in [2.24, 2.45) is 17.8 Å². The Balaban J connectivity index is 4.35. The van der Waals surface area contributed by atoms with E-state index in [1.165, 1.54) is 0 Å². The molecule has 0 radical (unpaired) electrons. The van der Waals surface area contributed by atoms with Crippen molar-refractivity contribution in [3.8, 4) is 0 Å². The van der Waals surface area contributed by atoms with Gasteiger partial charge in [-0.25, -0.2) is 0 Å². The van der Waals surface area contributed by atoms with Gasteiger partial charge in [0.05, 0.1) is 5.92 Å². The lowest BCUT2D eigenvalue weighted by molar-refractivity contribution is -0.159. The van der Waals surface area contributed by atoms with E-state index in [0.29, 0.717) is 11.8 Å². The molecule has 0 aliphatic heterocycles. The van der Waals surface area contributed by atoms with Gasteiger partial charge in [-0.15, -0.1) is 0 Å². The van der Waals surface area contributed by atoms with Gasteiger partial charge < -0.3 is 4.74 Å². The average molecular weight is 214 g/mol. The number of hydrogen-bond donors (Lipinski definition) is 0. The smallest absolute Gasteiger partial charge is 0.308 e. The fraction of sp³-hybridized carbons (Fsp3) is 0.923. The standard InChI is InChI=1S/C13H26O2/c1-7-10(5)12(9(3)4)15-13(14)11(6)8-2/h9-12H,7-8H2,1-6H3. The zero-order valence-electron chi connectivity index (χ0n) is 11.0. The molecule has 0 fully saturated rings. The van der Waals surface area contributed by atoms with Crippen molar-refractivity contribution < 1.29 is 9.53 Å². The van der Waals surface area contributed by atoms with Crippen LogP contribution in [0.1, 0.15) is 54.4 Å². The first kappa shape index (κ1) is 14.5. The summed E-state index contributed by atoms with van der Waals surface area (Å²) in [5.74, 6) is 0.817. The molecule has 2 nitrogen and oxygen atoms in total. The third-order valence-corrected chi connectivity index (χ3v) is 3.13. The highest BCUT2D eigenvalue weighted by molar-refractivity contribution is 5.72. The van der Waals surface area contributed by atoms with Gasteiger partial charge in [0.15, 0.2) is 0 Å². The van der Waals surface area contributed by atoms with Gasteiger partial charge in [-0.3, -0.25) is 4.79 Å². The maximum atomic E-state index is 11.7. The number of hydrogen-bond acceptors (Lipinski definition) is 2. The number of carbonyl (C=O) groups is 1.